The lowest BCUT2D eigenvalue weighted by atomic mass is 9.98. The molecule has 0 aliphatic heterocycles. The van der Waals surface area contributed by atoms with E-state index in [0.29, 0.717) is 12.0 Å². The van der Waals surface area contributed by atoms with Gasteiger partial charge in [0.2, 0.25) is 0 Å². The zero-order chi connectivity index (χ0) is 24.5. The predicted octanol–water partition coefficient (Wildman–Crippen LogP) is 7.14. The van der Waals surface area contributed by atoms with Gasteiger partial charge >= 0.3 is 5.97 Å². The summed E-state index contributed by atoms with van der Waals surface area (Å²) in [5.41, 5.74) is 3.31. The summed E-state index contributed by atoms with van der Waals surface area (Å²) in [6.07, 6.45) is 5.93. The highest BCUT2D eigenvalue weighted by molar-refractivity contribution is 5.92. The quantitative estimate of drug-likeness (QED) is 0.196. The number of hydrogen-bond acceptors (Lipinski definition) is 4. The van der Waals surface area contributed by atoms with Crippen molar-refractivity contribution in [2.75, 3.05) is 0 Å². The Bertz CT molecular complexity index is 1250. The minimum Gasteiger partial charge on any atom is -0.421 e. The van der Waals surface area contributed by atoms with Gasteiger partial charge in [-0.15, -0.1) is 0 Å². The number of aryl methyl sites for hydroxylation is 2. The fourth-order valence-corrected chi connectivity index (χ4v) is 3.89. The molecule has 34 heavy (non-hydrogen) atoms. The third-order valence-corrected chi connectivity index (χ3v) is 5.74. The lowest BCUT2D eigenvalue weighted by Crippen LogP contribution is -2.11. The van der Waals surface area contributed by atoms with E-state index in [-0.39, 0.29) is 22.4 Å². The van der Waals surface area contributed by atoms with Gasteiger partial charge in [-0.3, -0.25) is 0 Å². The highest BCUT2D eigenvalue weighted by atomic mass is 19.1. The number of halogens is 1. The molecule has 0 saturated carbocycles. The van der Waals surface area contributed by atoms with Crippen molar-refractivity contribution in [3.63, 3.8) is 0 Å². The summed E-state index contributed by atoms with van der Waals surface area (Å²) in [5.74, 6) is -1.34. The minimum atomic E-state index is -0.791. The van der Waals surface area contributed by atoms with Crippen LogP contribution in [0.2, 0.25) is 0 Å². The summed E-state index contributed by atoms with van der Waals surface area (Å²) >= 11 is 0. The van der Waals surface area contributed by atoms with Gasteiger partial charge in [0.05, 0.1) is 11.1 Å². The van der Waals surface area contributed by atoms with Crippen molar-refractivity contribution in [3.8, 4) is 29.0 Å². The Morgan fingerprint density at radius 1 is 0.882 bits per heavy atom. The van der Waals surface area contributed by atoms with Crippen LogP contribution >= 0.6 is 0 Å². The Morgan fingerprint density at radius 2 is 1.62 bits per heavy atom. The number of ether oxygens (including phenoxy) is 1. The number of benzene rings is 3. The molecule has 4 nitrogen and oxygen atoms in total. The van der Waals surface area contributed by atoms with Crippen LogP contribution in [0.1, 0.15) is 72.1 Å². The smallest absolute Gasteiger partial charge is 0.343 e. The van der Waals surface area contributed by atoms with Crippen molar-refractivity contribution in [2.45, 2.75) is 52.4 Å². The van der Waals surface area contributed by atoms with Gasteiger partial charge in [0, 0.05) is 5.56 Å². The maximum absolute atomic E-state index is 14.9. The van der Waals surface area contributed by atoms with Crippen molar-refractivity contribution in [2.24, 2.45) is 0 Å². The van der Waals surface area contributed by atoms with Crippen LogP contribution in [0.25, 0.3) is 11.1 Å². The van der Waals surface area contributed by atoms with Gasteiger partial charge in [0.1, 0.15) is 29.3 Å². The predicted molar refractivity (Wildman–Crippen MR) is 130 cm³/mol. The number of nitriles is 2. The molecule has 3 rings (SSSR count). The Morgan fingerprint density at radius 3 is 2.24 bits per heavy atom. The van der Waals surface area contributed by atoms with Crippen LogP contribution in [0.3, 0.4) is 0 Å². The molecule has 0 aliphatic rings. The normalized spacial score (nSPS) is 10.4. The number of carbonyl (C=O) groups is 1. The molecule has 0 amide bonds. The Hall–Kier alpha value is -3.96. The molecule has 0 saturated heterocycles. The van der Waals surface area contributed by atoms with Crippen LogP contribution in [-0.4, -0.2) is 5.97 Å². The first-order chi connectivity index (χ1) is 16.5. The molecule has 3 aromatic carbocycles. The molecule has 0 atom stereocenters. The number of unbranched alkanes of at least 4 members (excludes halogenated alkanes) is 2. The lowest BCUT2D eigenvalue weighted by Gasteiger charge is -2.11. The van der Waals surface area contributed by atoms with Gasteiger partial charge in [-0.25, -0.2) is 9.18 Å². The maximum atomic E-state index is 14.9. The molecule has 0 radical (unpaired) electrons. The molecule has 3 aromatic rings. The number of esters is 1. The highest BCUT2D eigenvalue weighted by Crippen LogP contribution is 2.28. The van der Waals surface area contributed by atoms with Gasteiger partial charge < -0.3 is 4.74 Å². The number of rotatable bonds is 9. The van der Waals surface area contributed by atoms with Gasteiger partial charge in [-0.1, -0.05) is 69.5 Å². The largest absolute Gasteiger partial charge is 0.421 e. The van der Waals surface area contributed by atoms with E-state index in [9.17, 15) is 19.7 Å². The average molecular weight is 455 g/mol. The van der Waals surface area contributed by atoms with Crippen molar-refractivity contribution in [3.05, 3.63) is 88.2 Å². The maximum Gasteiger partial charge on any atom is 0.343 e. The third kappa shape index (κ3) is 5.69. The zero-order valence-electron chi connectivity index (χ0n) is 19.5. The first-order valence-electron chi connectivity index (χ1n) is 11.6. The molecular weight excluding hydrogens is 427 g/mol. The molecule has 0 aliphatic carbocycles. The van der Waals surface area contributed by atoms with E-state index >= 15 is 0 Å². The summed E-state index contributed by atoms with van der Waals surface area (Å²) in [5, 5.41) is 19.0. The molecule has 5 heteroatoms. The van der Waals surface area contributed by atoms with E-state index in [1.54, 1.807) is 12.1 Å². The minimum absolute atomic E-state index is 0.00736. The van der Waals surface area contributed by atoms with Gasteiger partial charge in [-0.2, -0.15) is 10.5 Å². The summed E-state index contributed by atoms with van der Waals surface area (Å²) in [4.78, 5) is 12.7. The third-order valence-electron chi connectivity index (χ3n) is 5.74. The van der Waals surface area contributed by atoms with E-state index in [0.717, 1.165) is 36.5 Å². The van der Waals surface area contributed by atoms with Crippen LogP contribution in [0, 0.1) is 28.5 Å². The van der Waals surface area contributed by atoms with E-state index in [2.05, 4.69) is 6.92 Å². The number of nitrogens with zero attached hydrogens (tertiary/aromatic N) is 2. The standard InChI is InChI=1S/C29H27FN2O2/c1-3-5-6-8-20-9-11-22(12-10-20)24-15-13-23(17-27(24)30)29(33)34-28-16-14-21(7-4-2)25(18-31)26(28)19-32/h9-17H,3-8H2,1-2H3. The molecular formula is C29H27FN2O2. The van der Waals surface area contributed by atoms with Crippen molar-refractivity contribution in [1.82, 2.24) is 0 Å². The highest BCUT2D eigenvalue weighted by Gasteiger charge is 2.18. The summed E-state index contributed by atoms with van der Waals surface area (Å²) in [7, 11) is 0. The molecule has 0 fully saturated rings. The Balaban J connectivity index is 1.80. The average Bonchev–Trinajstić information content (AvgIpc) is 2.85. The topological polar surface area (TPSA) is 73.9 Å². The molecule has 0 aromatic heterocycles. The molecule has 0 bridgehead atoms. The second-order valence-corrected chi connectivity index (χ2v) is 8.18. The van der Waals surface area contributed by atoms with Crippen LogP contribution in [0.4, 0.5) is 4.39 Å². The second-order valence-electron chi connectivity index (χ2n) is 8.18. The SMILES string of the molecule is CCCCCc1ccc(-c2ccc(C(=O)Oc3ccc(CCC)c(C#N)c3C#N)cc2F)cc1. The molecule has 0 spiro atoms. The van der Waals surface area contributed by atoms with E-state index in [1.165, 1.54) is 30.5 Å². The van der Waals surface area contributed by atoms with Crippen molar-refractivity contribution >= 4 is 5.97 Å². The van der Waals surface area contributed by atoms with Crippen LogP contribution < -0.4 is 4.74 Å². The van der Waals surface area contributed by atoms with Gasteiger partial charge in [0.15, 0.2) is 0 Å². The number of carbonyl (C=O) groups excluding carboxylic acids is 1. The fraction of sp³-hybridized carbons (Fsp3) is 0.276. The molecule has 0 heterocycles. The van der Waals surface area contributed by atoms with Crippen molar-refractivity contribution in [1.29, 1.82) is 10.5 Å². The molecule has 0 unspecified atom stereocenters. The Labute approximate surface area is 200 Å². The first kappa shape index (κ1) is 24.7. The second kappa shape index (κ2) is 11.8. The van der Waals surface area contributed by atoms with E-state index < -0.39 is 11.8 Å². The summed E-state index contributed by atoms with van der Waals surface area (Å²) in [6.45, 7) is 4.14. The van der Waals surface area contributed by atoms with E-state index in [4.69, 9.17) is 4.74 Å². The molecule has 172 valence electrons. The van der Waals surface area contributed by atoms with Gasteiger partial charge in [0.25, 0.3) is 0 Å². The van der Waals surface area contributed by atoms with E-state index in [1.807, 2.05) is 43.3 Å². The monoisotopic (exact) mass is 454 g/mol. The number of hydrogen-bond donors (Lipinski definition) is 0. The summed E-state index contributed by atoms with van der Waals surface area (Å²) in [6, 6.07) is 19.1. The Kier molecular flexibility index (Phi) is 8.54. The zero-order valence-corrected chi connectivity index (χ0v) is 19.5. The van der Waals surface area contributed by atoms with Crippen LogP contribution in [-0.2, 0) is 12.8 Å². The fourth-order valence-electron chi connectivity index (χ4n) is 3.89. The first-order valence-corrected chi connectivity index (χ1v) is 11.6. The van der Waals surface area contributed by atoms with Crippen molar-refractivity contribution < 1.29 is 13.9 Å². The summed E-state index contributed by atoms with van der Waals surface area (Å²) < 4.78 is 20.3. The van der Waals surface area contributed by atoms with Crippen LogP contribution in [0.15, 0.2) is 54.6 Å². The van der Waals surface area contributed by atoms with Gasteiger partial charge in [-0.05, 0) is 54.2 Å². The van der Waals surface area contributed by atoms with Crippen LogP contribution in [0.5, 0.6) is 5.75 Å². The molecule has 0 N–H and O–H groups in total. The lowest BCUT2D eigenvalue weighted by molar-refractivity contribution is 0.0733.